The minimum atomic E-state index is -0.963. The fourth-order valence-electron chi connectivity index (χ4n) is 2.21. The maximum absolute atomic E-state index is 12.4. The summed E-state index contributed by atoms with van der Waals surface area (Å²) in [7, 11) is 5.45. The molecule has 2 unspecified atom stereocenters. The van der Waals surface area contributed by atoms with Gasteiger partial charge in [-0.3, -0.25) is 0 Å². The molecule has 0 aromatic carbocycles. The van der Waals surface area contributed by atoms with E-state index in [1.807, 2.05) is 32.8 Å². The van der Waals surface area contributed by atoms with Gasteiger partial charge in [0.1, 0.15) is 6.04 Å². The zero-order valence-electron chi connectivity index (χ0n) is 12.9. The van der Waals surface area contributed by atoms with Crippen LogP contribution in [-0.2, 0) is 4.79 Å². The van der Waals surface area contributed by atoms with E-state index in [0.717, 1.165) is 6.54 Å². The summed E-state index contributed by atoms with van der Waals surface area (Å²) in [6.07, 6.45) is 0.400. The Labute approximate surface area is 116 Å². The fraction of sp³-hybridized carbons (Fsp3) is 0.846. The lowest BCUT2D eigenvalue weighted by atomic mass is 10.2. The summed E-state index contributed by atoms with van der Waals surface area (Å²) >= 11 is 0. The van der Waals surface area contributed by atoms with Crippen molar-refractivity contribution in [1.82, 2.24) is 14.7 Å². The van der Waals surface area contributed by atoms with Crippen LogP contribution >= 0.6 is 0 Å². The number of amides is 2. The van der Waals surface area contributed by atoms with Gasteiger partial charge in [0.15, 0.2) is 0 Å². The number of urea groups is 1. The number of likely N-dealkylation sites (N-methyl/N-ethyl adjacent to an activating group) is 3. The molecule has 0 bridgehead atoms. The standard InChI is InChI=1S/C13H27N3O3/c1-7-11(12(17)18)15(6)13(19)16(8-2)10(3)9-14(4)5/h10-11H,7-9H2,1-6H3,(H,17,18). The van der Waals surface area contributed by atoms with Crippen LogP contribution in [0.25, 0.3) is 0 Å². The van der Waals surface area contributed by atoms with Crippen molar-refractivity contribution in [3.05, 3.63) is 0 Å². The van der Waals surface area contributed by atoms with Gasteiger partial charge in [-0.2, -0.15) is 0 Å². The highest BCUT2D eigenvalue weighted by Crippen LogP contribution is 2.10. The molecule has 6 nitrogen and oxygen atoms in total. The summed E-state index contributed by atoms with van der Waals surface area (Å²) in [6.45, 7) is 6.95. The van der Waals surface area contributed by atoms with Crippen LogP contribution in [0.15, 0.2) is 0 Å². The molecule has 0 aromatic rings. The van der Waals surface area contributed by atoms with Crippen LogP contribution < -0.4 is 0 Å². The lowest BCUT2D eigenvalue weighted by molar-refractivity contribution is -0.142. The minimum absolute atomic E-state index is 0.0428. The van der Waals surface area contributed by atoms with Crippen LogP contribution in [0.1, 0.15) is 27.2 Å². The number of aliphatic carboxylic acids is 1. The summed E-state index contributed by atoms with van der Waals surface area (Å²) in [5.41, 5.74) is 0. The van der Waals surface area contributed by atoms with Crippen LogP contribution in [0, 0.1) is 0 Å². The molecule has 112 valence electrons. The average molecular weight is 273 g/mol. The van der Waals surface area contributed by atoms with Crippen molar-refractivity contribution in [2.24, 2.45) is 0 Å². The van der Waals surface area contributed by atoms with E-state index >= 15 is 0 Å². The first kappa shape index (κ1) is 17.7. The highest BCUT2D eigenvalue weighted by Gasteiger charge is 2.29. The number of nitrogens with zero attached hydrogens (tertiary/aromatic N) is 3. The van der Waals surface area contributed by atoms with Gasteiger partial charge in [-0.25, -0.2) is 9.59 Å². The molecule has 6 heteroatoms. The molecule has 0 aromatic heterocycles. The van der Waals surface area contributed by atoms with E-state index < -0.39 is 12.0 Å². The first-order valence-corrected chi connectivity index (χ1v) is 6.67. The van der Waals surface area contributed by atoms with Crippen molar-refractivity contribution in [2.75, 3.05) is 34.2 Å². The van der Waals surface area contributed by atoms with Crippen molar-refractivity contribution >= 4 is 12.0 Å². The second kappa shape index (κ2) is 7.99. The Hall–Kier alpha value is -1.30. The van der Waals surface area contributed by atoms with Gasteiger partial charge >= 0.3 is 12.0 Å². The zero-order valence-corrected chi connectivity index (χ0v) is 12.9. The van der Waals surface area contributed by atoms with E-state index in [1.165, 1.54) is 4.90 Å². The molecule has 0 fully saturated rings. The molecule has 0 saturated carbocycles. The molecular weight excluding hydrogens is 246 g/mol. The van der Waals surface area contributed by atoms with E-state index in [2.05, 4.69) is 0 Å². The van der Waals surface area contributed by atoms with Crippen LogP contribution in [0.2, 0.25) is 0 Å². The largest absolute Gasteiger partial charge is 0.480 e. The van der Waals surface area contributed by atoms with Gasteiger partial charge in [-0.15, -0.1) is 0 Å². The van der Waals surface area contributed by atoms with E-state index in [-0.39, 0.29) is 12.1 Å². The van der Waals surface area contributed by atoms with E-state index in [4.69, 9.17) is 5.11 Å². The van der Waals surface area contributed by atoms with Crippen LogP contribution in [0.5, 0.6) is 0 Å². The predicted molar refractivity (Wildman–Crippen MR) is 75.3 cm³/mol. The third-order valence-electron chi connectivity index (χ3n) is 3.19. The molecule has 0 aliphatic carbocycles. The number of carboxylic acid groups (broad SMARTS) is 1. The number of hydrogen-bond acceptors (Lipinski definition) is 3. The molecule has 0 saturated heterocycles. The maximum Gasteiger partial charge on any atom is 0.326 e. The number of hydrogen-bond donors (Lipinski definition) is 1. The molecular formula is C13H27N3O3. The quantitative estimate of drug-likeness (QED) is 0.756. The zero-order chi connectivity index (χ0) is 15.2. The molecule has 0 aliphatic heterocycles. The molecule has 2 atom stereocenters. The second-order valence-corrected chi connectivity index (χ2v) is 5.05. The Balaban J connectivity index is 4.87. The van der Waals surface area contributed by atoms with Gasteiger partial charge in [0.05, 0.1) is 0 Å². The summed E-state index contributed by atoms with van der Waals surface area (Å²) in [4.78, 5) is 28.5. The van der Waals surface area contributed by atoms with Gasteiger partial charge in [0, 0.05) is 26.2 Å². The summed E-state index contributed by atoms with van der Waals surface area (Å²) < 4.78 is 0. The summed E-state index contributed by atoms with van der Waals surface area (Å²) in [5, 5.41) is 9.11. The molecule has 19 heavy (non-hydrogen) atoms. The van der Waals surface area contributed by atoms with Gasteiger partial charge in [0.25, 0.3) is 0 Å². The lowest BCUT2D eigenvalue weighted by Gasteiger charge is -2.35. The molecule has 0 rings (SSSR count). The maximum atomic E-state index is 12.4. The topological polar surface area (TPSA) is 64.1 Å². The van der Waals surface area contributed by atoms with Gasteiger partial charge in [-0.05, 0) is 34.4 Å². The third kappa shape index (κ3) is 5.06. The van der Waals surface area contributed by atoms with Gasteiger partial charge < -0.3 is 19.8 Å². The Bertz CT molecular complexity index is 308. The predicted octanol–water partition coefficient (Wildman–Crippen LogP) is 1.17. The number of carboxylic acids is 1. The lowest BCUT2D eigenvalue weighted by Crippen LogP contribution is -2.53. The Morgan fingerprint density at radius 2 is 1.68 bits per heavy atom. The summed E-state index contributed by atoms with van der Waals surface area (Å²) in [6, 6.07) is -0.958. The minimum Gasteiger partial charge on any atom is -0.480 e. The van der Waals surface area contributed by atoms with Crippen molar-refractivity contribution in [2.45, 2.75) is 39.3 Å². The Kier molecular flexibility index (Phi) is 7.44. The second-order valence-electron chi connectivity index (χ2n) is 5.05. The van der Waals surface area contributed by atoms with Crippen molar-refractivity contribution in [3.8, 4) is 0 Å². The number of carbonyl (C=O) groups is 2. The summed E-state index contributed by atoms with van der Waals surface area (Å²) in [5.74, 6) is -0.963. The average Bonchev–Trinajstić information content (AvgIpc) is 2.28. The fourth-order valence-corrected chi connectivity index (χ4v) is 2.21. The third-order valence-corrected chi connectivity index (χ3v) is 3.19. The molecule has 0 spiro atoms. The SMILES string of the molecule is CCC(C(=O)O)N(C)C(=O)N(CC)C(C)CN(C)C. The molecule has 2 amide bonds. The first-order chi connectivity index (χ1) is 8.76. The highest BCUT2D eigenvalue weighted by atomic mass is 16.4. The van der Waals surface area contributed by atoms with Crippen molar-refractivity contribution in [3.63, 3.8) is 0 Å². The molecule has 0 aliphatic rings. The van der Waals surface area contributed by atoms with Crippen LogP contribution in [0.4, 0.5) is 4.79 Å². The Morgan fingerprint density at radius 1 is 1.16 bits per heavy atom. The Morgan fingerprint density at radius 3 is 2.00 bits per heavy atom. The van der Waals surface area contributed by atoms with Gasteiger partial charge in [-0.1, -0.05) is 6.92 Å². The van der Waals surface area contributed by atoms with E-state index in [9.17, 15) is 9.59 Å². The van der Waals surface area contributed by atoms with Crippen LogP contribution in [-0.4, -0.2) is 78.1 Å². The van der Waals surface area contributed by atoms with E-state index in [1.54, 1.807) is 18.9 Å². The van der Waals surface area contributed by atoms with E-state index in [0.29, 0.717) is 13.0 Å². The van der Waals surface area contributed by atoms with Crippen LogP contribution in [0.3, 0.4) is 0 Å². The van der Waals surface area contributed by atoms with Gasteiger partial charge in [0.2, 0.25) is 0 Å². The number of carbonyl (C=O) groups excluding carboxylic acids is 1. The van der Waals surface area contributed by atoms with Crippen molar-refractivity contribution in [1.29, 1.82) is 0 Å². The smallest absolute Gasteiger partial charge is 0.326 e. The molecule has 0 heterocycles. The normalized spacial score (nSPS) is 14.1. The molecule has 1 N–H and O–H groups in total. The monoisotopic (exact) mass is 273 g/mol. The molecule has 0 radical (unpaired) electrons. The number of rotatable bonds is 7. The first-order valence-electron chi connectivity index (χ1n) is 6.67. The van der Waals surface area contributed by atoms with Crippen molar-refractivity contribution < 1.29 is 14.7 Å². The highest BCUT2D eigenvalue weighted by molar-refractivity contribution is 5.82.